The second kappa shape index (κ2) is 4.29. The van der Waals surface area contributed by atoms with Gasteiger partial charge in [-0.2, -0.15) is 0 Å². The molecule has 1 saturated carbocycles. The molecule has 0 bridgehead atoms. The van der Waals surface area contributed by atoms with Gasteiger partial charge in [-0.25, -0.2) is 9.97 Å². The zero-order valence-electron chi connectivity index (χ0n) is 9.14. The van der Waals surface area contributed by atoms with Crippen molar-refractivity contribution in [1.29, 1.82) is 0 Å². The predicted octanol–water partition coefficient (Wildman–Crippen LogP) is 1.72. The van der Waals surface area contributed by atoms with Gasteiger partial charge in [0, 0.05) is 23.6 Å². The fourth-order valence-electron chi connectivity index (χ4n) is 1.62. The number of aromatic nitrogens is 3. The third kappa shape index (κ3) is 2.52. The normalized spacial score (nSPS) is 14.8. The van der Waals surface area contributed by atoms with Crippen molar-refractivity contribution >= 4 is 17.2 Å². The Morgan fingerprint density at radius 1 is 1.53 bits per heavy atom. The number of rotatable bonds is 4. The molecule has 88 valence electrons. The predicted molar refractivity (Wildman–Crippen MR) is 66.3 cm³/mol. The molecule has 0 aliphatic heterocycles. The van der Waals surface area contributed by atoms with Crippen molar-refractivity contribution < 1.29 is 0 Å². The summed E-state index contributed by atoms with van der Waals surface area (Å²) in [6.45, 7) is 0.609. The average Bonchev–Trinajstić information content (AvgIpc) is 3.04. The molecule has 0 amide bonds. The lowest BCUT2D eigenvalue weighted by atomic mass is 10.4. The van der Waals surface area contributed by atoms with Gasteiger partial charge < -0.3 is 10.3 Å². The minimum absolute atomic E-state index is 0.0939. The van der Waals surface area contributed by atoms with Crippen LogP contribution in [0.2, 0.25) is 0 Å². The molecule has 6 heteroatoms. The molecule has 0 aromatic carbocycles. The van der Waals surface area contributed by atoms with Gasteiger partial charge in [-0.05, 0) is 12.8 Å². The monoisotopic (exact) mass is 248 g/mol. The SMILES string of the molecule is O=c1cc(NCc2nccs2)nc(C2CC2)[nH]1. The molecule has 1 aliphatic rings. The molecule has 0 saturated heterocycles. The molecule has 0 unspecified atom stereocenters. The van der Waals surface area contributed by atoms with E-state index in [4.69, 9.17) is 0 Å². The first-order valence-corrected chi connectivity index (χ1v) is 6.43. The maximum Gasteiger partial charge on any atom is 0.252 e. The summed E-state index contributed by atoms with van der Waals surface area (Å²) in [7, 11) is 0. The van der Waals surface area contributed by atoms with Crippen LogP contribution in [-0.4, -0.2) is 15.0 Å². The van der Waals surface area contributed by atoms with Gasteiger partial charge in [0.2, 0.25) is 0 Å². The van der Waals surface area contributed by atoms with Gasteiger partial charge in [0.1, 0.15) is 16.6 Å². The van der Waals surface area contributed by atoms with E-state index in [9.17, 15) is 4.79 Å². The Labute approximate surface area is 102 Å². The van der Waals surface area contributed by atoms with Gasteiger partial charge in [-0.1, -0.05) is 0 Å². The highest BCUT2D eigenvalue weighted by atomic mass is 32.1. The zero-order chi connectivity index (χ0) is 11.7. The Morgan fingerprint density at radius 2 is 2.41 bits per heavy atom. The van der Waals surface area contributed by atoms with Gasteiger partial charge in [-0.15, -0.1) is 11.3 Å². The fraction of sp³-hybridized carbons (Fsp3) is 0.364. The van der Waals surface area contributed by atoms with Crippen LogP contribution in [0.5, 0.6) is 0 Å². The molecule has 0 spiro atoms. The van der Waals surface area contributed by atoms with Crippen LogP contribution in [-0.2, 0) is 6.54 Å². The molecule has 0 atom stereocenters. The summed E-state index contributed by atoms with van der Waals surface area (Å²) >= 11 is 1.58. The third-order valence-corrected chi connectivity index (χ3v) is 3.41. The molecule has 5 nitrogen and oxygen atoms in total. The Morgan fingerprint density at radius 3 is 3.12 bits per heavy atom. The van der Waals surface area contributed by atoms with Crippen LogP contribution in [0.25, 0.3) is 0 Å². The van der Waals surface area contributed by atoms with Crippen LogP contribution in [0.1, 0.15) is 29.6 Å². The number of thiazole rings is 1. The Hall–Kier alpha value is -1.69. The van der Waals surface area contributed by atoms with Crippen molar-refractivity contribution in [2.45, 2.75) is 25.3 Å². The lowest BCUT2D eigenvalue weighted by Crippen LogP contribution is -2.13. The number of hydrogen-bond donors (Lipinski definition) is 2. The van der Waals surface area contributed by atoms with Crippen molar-refractivity contribution in [2.24, 2.45) is 0 Å². The first-order valence-electron chi connectivity index (χ1n) is 5.55. The lowest BCUT2D eigenvalue weighted by molar-refractivity contribution is 0.902. The number of H-pyrrole nitrogens is 1. The van der Waals surface area contributed by atoms with E-state index < -0.39 is 0 Å². The summed E-state index contributed by atoms with van der Waals surface area (Å²) in [4.78, 5) is 22.8. The van der Waals surface area contributed by atoms with Gasteiger partial charge in [0.25, 0.3) is 5.56 Å². The van der Waals surface area contributed by atoms with E-state index in [1.54, 1.807) is 17.5 Å². The standard InChI is InChI=1S/C11H12N4OS/c16-9-5-8(13-6-10-12-3-4-17-10)14-11(15-9)7-1-2-7/h3-5,7H,1-2,6H2,(H2,13,14,15,16). The summed E-state index contributed by atoms with van der Waals surface area (Å²) in [6.07, 6.45) is 4.01. The van der Waals surface area contributed by atoms with Crippen LogP contribution >= 0.6 is 11.3 Å². The second-order valence-electron chi connectivity index (χ2n) is 4.07. The Bertz CT molecular complexity index is 559. The Kier molecular flexibility index (Phi) is 2.64. The van der Waals surface area contributed by atoms with Gasteiger partial charge in [0.05, 0.1) is 6.54 Å². The number of aromatic amines is 1. The van der Waals surface area contributed by atoms with E-state index in [2.05, 4.69) is 20.3 Å². The molecule has 1 aliphatic carbocycles. The van der Waals surface area contributed by atoms with Crippen molar-refractivity contribution in [1.82, 2.24) is 15.0 Å². The molecular formula is C11H12N4OS. The number of hydrogen-bond acceptors (Lipinski definition) is 5. The highest BCUT2D eigenvalue weighted by Gasteiger charge is 2.26. The molecule has 17 heavy (non-hydrogen) atoms. The summed E-state index contributed by atoms with van der Waals surface area (Å²) < 4.78 is 0. The van der Waals surface area contributed by atoms with E-state index in [-0.39, 0.29) is 5.56 Å². The fourth-order valence-corrected chi connectivity index (χ4v) is 2.18. The van der Waals surface area contributed by atoms with E-state index in [1.165, 1.54) is 6.07 Å². The quantitative estimate of drug-likeness (QED) is 0.864. The van der Waals surface area contributed by atoms with Crippen molar-refractivity contribution in [3.63, 3.8) is 0 Å². The summed E-state index contributed by atoms with van der Waals surface area (Å²) in [5, 5.41) is 6.04. The Balaban J connectivity index is 1.75. The topological polar surface area (TPSA) is 70.7 Å². The molecule has 2 heterocycles. The molecule has 1 fully saturated rings. The first-order chi connectivity index (χ1) is 8.31. The van der Waals surface area contributed by atoms with Crippen LogP contribution in [0, 0.1) is 0 Å². The van der Waals surface area contributed by atoms with Crippen LogP contribution in [0.3, 0.4) is 0 Å². The number of anilines is 1. The summed E-state index contributed by atoms with van der Waals surface area (Å²) in [5.41, 5.74) is -0.0939. The largest absolute Gasteiger partial charge is 0.363 e. The maximum atomic E-state index is 11.5. The minimum atomic E-state index is -0.0939. The minimum Gasteiger partial charge on any atom is -0.363 e. The molecule has 2 aromatic rings. The van der Waals surface area contributed by atoms with Gasteiger partial charge in [0.15, 0.2) is 0 Å². The average molecular weight is 248 g/mol. The van der Waals surface area contributed by atoms with Crippen molar-refractivity contribution in [3.05, 3.63) is 38.8 Å². The number of nitrogens with one attached hydrogen (secondary N) is 2. The number of nitrogens with zero attached hydrogens (tertiary/aromatic N) is 2. The van der Waals surface area contributed by atoms with E-state index in [0.29, 0.717) is 18.3 Å². The highest BCUT2D eigenvalue weighted by Crippen LogP contribution is 2.37. The van der Waals surface area contributed by atoms with Crippen molar-refractivity contribution in [3.8, 4) is 0 Å². The van der Waals surface area contributed by atoms with Crippen LogP contribution < -0.4 is 10.9 Å². The molecule has 2 aromatic heterocycles. The van der Waals surface area contributed by atoms with Gasteiger partial charge in [-0.3, -0.25) is 4.79 Å². The van der Waals surface area contributed by atoms with Crippen LogP contribution in [0.15, 0.2) is 22.4 Å². The lowest BCUT2D eigenvalue weighted by Gasteiger charge is -2.04. The third-order valence-electron chi connectivity index (χ3n) is 2.63. The molecular weight excluding hydrogens is 236 g/mol. The van der Waals surface area contributed by atoms with Gasteiger partial charge >= 0.3 is 0 Å². The smallest absolute Gasteiger partial charge is 0.252 e. The first kappa shape index (κ1) is 10.5. The molecule has 2 N–H and O–H groups in total. The highest BCUT2D eigenvalue weighted by molar-refractivity contribution is 7.09. The molecule has 0 radical (unpaired) electrons. The van der Waals surface area contributed by atoms with E-state index in [1.807, 2.05) is 5.38 Å². The summed E-state index contributed by atoms with van der Waals surface area (Å²) in [6, 6.07) is 1.49. The summed E-state index contributed by atoms with van der Waals surface area (Å²) in [5.74, 6) is 1.88. The molecule has 3 rings (SSSR count). The van der Waals surface area contributed by atoms with Crippen molar-refractivity contribution in [2.75, 3.05) is 5.32 Å². The van der Waals surface area contributed by atoms with Crippen LogP contribution in [0.4, 0.5) is 5.82 Å². The van der Waals surface area contributed by atoms with E-state index >= 15 is 0 Å². The second-order valence-corrected chi connectivity index (χ2v) is 5.05. The van der Waals surface area contributed by atoms with E-state index in [0.717, 1.165) is 23.7 Å². The zero-order valence-corrected chi connectivity index (χ0v) is 9.96. The maximum absolute atomic E-state index is 11.5.